The van der Waals surface area contributed by atoms with Crippen LogP contribution in [0.2, 0.25) is 0 Å². The highest BCUT2D eigenvalue weighted by atomic mass is 16.5. The maximum absolute atomic E-state index is 12.6. The molecular formula is C17H24N2O2. The van der Waals surface area contributed by atoms with E-state index in [2.05, 4.69) is 12.1 Å². The summed E-state index contributed by atoms with van der Waals surface area (Å²) in [6.45, 7) is 1.34. The highest BCUT2D eigenvalue weighted by Gasteiger charge is 2.39. The summed E-state index contributed by atoms with van der Waals surface area (Å²) in [6.07, 6.45) is 5.08. The second-order valence-electron chi connectivity index (χ2n) is 6.07. The van der Waals surface area contributed by atoms with Crippen LogP contribution in [0.15, 0.2) is 30.3 Å². The molecule has 2 N–H and O–H groups in total. The lowest BCUT2D eigenvalue weighted by Gasteiger charge is -2.39. The molecule has 3 rings (SSSR count). The topological polar surface area (TPSA) is 55.6 Å². The number of benzene rings is 1. The van der Waals surface area contributed by atoms with Gasteiger partial charge in [0.25, 0.3) is 0 Å². The zero-order valence-electron chi connectivity index (χ0n) is 12.4. The van der Waals surface area contributed by atoms with Crippen molar-refractivity contribution < 1.29 is 9.53 Å². The number of nitrogens with zero attached hydrogens (tertiary/aromatic N) is 1. The number of carbonyl (C=O) groups is 1. The summed E-state index contributed by atoms with van der Waals surface area (Å²) in [4.78, 5) is 14.6. The third kappa shape index (κ3) is 3.27. The number of carbonyl (C=O) groups excluding carboxylic acids is 1. The third-order valence-corrected chi connectivity index (χ3v) is 4.67. The Morgan fingerprint density at radius 3 is 2.95 bits per heavy atom. The van der Waals surface area contributed by atoms with Gasteiger partial charge in [-0.05, 0) is 37.7 Å². The summed E-state index contributed by atoms with van der Waals surface area (Å²) >= 11 is 0. The van der Waals surface area contributed by atoms with Crippen LogP contribution in [0.3, 0.4) is 0 Å². The van der Waals surface area contributed by atoms with Crippen LogP contribution in [0.1, 0.15) is 31.2 Å². The lowest BCUT2D eigenvalue weighted by molar-refractivity contribution is -0.145. The smallest absolute Gasteiger partial charge is 0.239 e. The molecule has 1 aromatic rings. The summed E-state index contributed by atoms with van der Waals surface area (Å²) in [5.74, 6) is 0.103. The Labute approximate surface area is 126 Å². The zero-order chi connectivity index (χ0) is 14.7. The second kappa shape index (κ2) is 6.58. The first-order chi connectivity index (χ1) is 10.3. The summed E-state index contributed by atoms with van der Waals surface area (Å²) < 4.78 is 5.76. The van der Waals surface area contributed by atoms with Crippen molar-refractivity contribution in [3.05, 3.63) is 35.9 Å². The summed E-state index contributed by atoms with van der Waals surface area (Å²) in [6, 6.07) is 10.1. The standard InChI is InChI=1S/C17H24N2O2/c18-14(10-9-13-5-2-1-3-6-13)17(20)19-11-12-21-16-8-4-7-15(16)19/h1-3,5-6,14-16H,4,7-12,18H2. The molecule has 1 aromatic carbocycles. The summed E-state index contributed by atoms with van der Waals surface area (Å²) in [5, 5.41) is 0. The van der Waals surface area contributed by atoms with Gasteiger partial charge in [-0.3, -0.25) is 4.79 Å². The quantitative estimate of drug-likeness (QED) is 0.918. The molecule has 1 heterocycles. The molecule has 0 radical (unpaired) electrons. The normalized spacial score (nSPS) is 26.4. The van der Waals surface area contributed by atoms with Crippen LogP contribution in [-0.2, 0) is 16.0 Å². The predicted octanol–water partition coefficient (Wildman–Crippen LogP) is 1.73. The van der Waals surface area contributed by atoms with Gasteiger partial charge in [-0.1, -0.05) is 30.3 Å². The van der Waals surface area contributed by atoms with Gasteiger partial charge in [0.15, 0.2) is 0 Å². The van der Waals surface area contributed by atoms with Gasteiger partial charge in [0.2, 0.25) is 5.91 Å². The van der Waals surface area contributed by atoms with Crippen molar-refractivity contribution in [1.82, 2.24) is 4.90 Å². The summed E-state index contributed by atoms with van der Waals surface area (Å²) in [5.41, 5.74) is 7.38. The van der Waals surface area contributed by atoms with E-state index in [-0.39, 0.29) is 18.1 Å². The van der Waals surface area contributed by atoms with Crippen molar-refractivity contribution in [3.8, 4) is 0 Å². The number of hydrogen-bond acceptors (Lipinski definition) is 3. The fourth-order valence-electron chi connectivity index (χ4n) is 3.50. The van der Waals surface area contributed by atoms with E-state index in [0.717, 1.165) is 25.7 Å². The van der Waals surface area contributed by atoms with E-state index < -0.39 is 6.04 Å². The number of nitrogens with two attached hydrogens (primary N) is 1. The minimum Gasteiger partial charge on any atom is -0.374 e. The molecule has 0 aromatic heterocycles. The largest absolute Gasteiger partial charge is 0.374 e. The van der Waals surface area contributed by atoms with Crippen LogP contribution in [-0.4, -0.2) is 42.1 Å². The molecule has 1 saturated carbocycles. The number of fused-ring (bicyclic) bond motifs is 1. The number of amides is 1. The molecule has 114 valence electrons. The van der Waals surface area contributed by atoms with E-state index in [4.69, 9.17) is 10.5 Å². The number of rotatable bonds is 4. The lowest BCUT2D eigenvalue weighted by Crippen LogP contribution is -2.55. The van der Waals surface area contributed by atoms with E-state index in [1.807, 2.05) is 23.1 Å². The van der Waals surface area contributed by atoms with Crippen molar-refractivity contribution in [3.63, 3.8) is 0 Å². The van der Waals surface area contributed by atoms with Gasteiger partial charge in [-0.15, -0.1) is 0 Å². The molecule has 4 nitrogen and oxygen atoms in total. The minimum atomic E-state index is -0.399. The fourth-order valence-corrected chi connectivity index (χ4v) is 3.50. The van der Waals surface area contributed by atoms with E-state index in [1.54, 1.807) is 0 Å². The van der Waals surface area contributed by atoms with Crippen molar-refractivity contribution in [1.29, 1.82) is 0 Å². The molecule has 0 bridgehead atoms. The van der Waals surface area contributed by atoms with Gasteiger partial charge in [0.1, 0.15) is 0 Å². The van der Waals surface area contributed by atoms with Crippen LogP contribution >= 0.6 is 0 Å². The van der Waals surface area contributed by atoms with Crippen molar-refractivity contribution in [2.75, 3.05) is 13.2 Å². The number of ether oxygens (including phenoxy) is 1. The van der Waals surface area contributed by atoms with Crippen molar-refractivity contribution >= 4 is 5.91 Å². The van der Waals surface area contributed by atoms with Gasteiger partial charge in [-0.2, -0.15) is 0 Å². The zero-order valence-corrected chi connectivity index (χ0v) is 12.4. The number of aryl methyl sites for hydroxylation is 1. The fraction of sp³-hybridized carbons (Fsp3) is 0.588. The van der Waals surface area contributed by atoms with Crippen LogP contribution in [0.4, 0.5) is 0 Å². The Kier molecular flexibility index (Phi) is 4.56. The molecule has 3 unspecified atom stereocenters. The number of morpholine rings is 1. The average molecular weight is 288 g/mol. The predicted molar refractivity (Wildman–Crippen MR) is 81.8 cm³/mol. The lowest BCUT2D eigenvalue weighted by atomic mass is 10.0. The highest BCUT2D eigenvalue weighted by Crippen LogP contribution is 2.30. The van der Waals surface area contributed by atoms with Gasteiger partial charge < -0.3 is 15.4 Å². The monoisotopic (exact) mass is 288 g/mol. The SMILES string of the molecule is NC(CCc1ccccc1)C(=O)N1CCOC2CCCC21. The first-order valence-electron chi connectivity index (χ1n) is 7.97. The van der Waals surface area contributed by atoms with E-state index >= 15 is 0 Å². The maximum Gasteiger partial charge on any atom is 0.239 e. The minimum absolute atomic E-state index is 0.103. The molecule has 0 spiro atoms. The Morgan fingerprint density at radius 2 is 2.14 bits per heavy atom. The van der Waals surface area contributed by atoms with Crippen LogP contribution in [0.5, 0.6) is 0 Å². The Hall–Kier alpha value is -1.39. The average Bonchev–Trinajstić information content (AvgIpc) is 3.01. The molecule has 4 heteroatoms. The molecular weight excluding hydrogens is 264 g/mol. The molecule has 21 heavy (non-hydrogen) atoms. The second-order valence-corrected chi connectivity index (χ2v) is 6.07. The van der Waals surface area contributed by atoms with E-state index in [1.165, 1.54) is 5.56 Å². The first-order valence-corrected chi connectivity index (χ1v) is 7.97. The maximum atomic E-state index is 12.6. The Balaban J connectivity index is 1.56. The molecule has 2 fully saturated rings. The van der Waals surface area contributed by atoms with Crippen LogP contribution < -0.4 is 5.73 Å². The van der Waals surface area contributed by atoms with Crippen LogP contribution in [0, 0.1) is 0 Å². The van der Waals surface area contributed by atoms with E-state index in [0.29, 0.717) is 19.6 Å². The van der Waals surface area contributed by atoms with Crippen molar-refractivity contribution in [2.24, 2.45) is 5.73 Å². The third-order valence-electron chi connectivity index (χ3n) is 4.67. The Morgan fingerprint density at radius 1 is 1.33 bits per heavy atom. The van der Waals surface area contributed by atoms with Gasteiger partial charge in [0.05, 0.1) is 24.8 Å². The molecule has 1 saturated heterocycles. The molecule has 2 aliphatic rings. The van der Waals surface area contributed by atoms with Crippen LogP contribution in [0.25, 0.3) is 0 Å². The van der Waals surface area contributed by atoms with Crippen molar-refractivity contribution in [2.45, 2.75) is 50.3 Å². The molecule has 1 aliphatic heterocycles. The number of hydrogen-bond donors (Lipinski definition) is 1. The molecule has 3 atom stereocenters. The van der Waals surface area contributed by atoms with E-state index in [9.17, 15) is 4.79 Å². The summed E-state index contributed by atoms with van der Waals surface area (Å²) in [7, 11) is 0. The molecule has 1 aliphatic carbocycles. The highest BCUT2D eigenvalue weighted by molar-refractivity contribution is 5.82. The molecule has 1 amide bonds. The van der Waals surface area contributed by atoms with Gasteiger partial charge in [-0.25, -0.2) is 0 Å². The Bertz CT molecular complexity index is 477. The first kappa shape index (κ1) is 14.5. The van der Waals surface area contributed by atoms with Gasteiger partial charge in [0, 0.05) is 6.54 Å². The van der Waals surface area contributed by atoms with Gasteiger partial charge >= 0.3 is 0 Å².